The van der Waals surface area contributed by atoms with Crippen LogP contribution >= 0.6 is 0 Å². The summed E-state index contributed by atoms with van der Waals surface area (Å²) in [6.07, 6.45) is 13.0. The van der Waals surface area contributed by atoms with Gasteiger partial charge in [-0.1, -0.05) is 53.4 Å². The van der Waals surface area contributed by atoms with Gasteiger partial charge in [0.1, 0.15) is 5.75 Å². The Morgan fingerprint density at radius 2 is 1.17 bits per heavy atom. The summed E-state index contributed by atoms with van der Waals surface area (Å²) >= 11 is 0. The van der Waals surface area contributed by atoms with Crippen molar-refractivity contribution in [2.75, 3.05) is 7.11 Å². The van der Waals surface area contributed by atoms with Crippen LogP contribution in [-0.2, 0) is 25.7 Å². The number of aryl methyl sites for hydroxylation is 1. The lowest BCUT2D eigenvalue weighted by molar-refractivity contribution is 0.0893. The number of methoxy groups -OCH3 is 1. The molecular weight excluding hydrogens is 432 g/mol. The standard InChI is InChI=1S/C32H46O3/c1-6-10-14-25-22-30(32(34)23-31(33)24-18-20-26(35-5)21-19-24)29(17-13-9-4)28(16-12-8-3)27(25)15-11-7-2/h18-22H,6-17,23H2,1-5H3. The SMILES string of the molecule is CCCCc1cc(C(=O)CC(=O)c2ccc(OC)cc2)c(CCCC)c(CCCC)c1CCCC. The van der Waals surface area contributed by atoms with E-state index < -0.39 is 0 Å². The van der Waals surface area contributed by atoms with Gasteiger partial charge in [-0.15, -0.1) is 0 Å². The Balaban J connectivity index is 2.53. The average Bonchev–Trinajstić information content (AvgIpc) is 2.88. The molecule has 0 amide bonds. The van der Waals surface area contributed by atoms with Gasteiger partial charge in [0.2, 0.25) is 0 Å². The lowest BCUT2D eigenvalue weighted by Gasteiger charge is -2.23. The second-order valence-electron chi connectivity index (χ2n) is 9.68. The van der Waals surface area contributed by atoms with Gasteiger partial charge >= 0.3 is 0 Å². The third-order valence-electron chi connectivity index (χ3n) is 6.93. The van der Waals surface area contributed by atoms with Gasteiger partial charge in [0, 0.05) is 11.1 Å². The molecular formula is C32H46O3. The molecule has 2 aromatic carbocycles. The lowest BCUT2D eigenvalue weighted by Crippen LogP contribution is -2.16. The van der Waals surface area contributed by atoms with Crippen LogP contribution in [0.25, 0.3) is 0 Å². The molecule has 0 atom stereocenters. The maximum absolute atomic E-state index is 13.7. The van der Waals surface area contributed by atoms with Crippen molar-refractivity contribution in [3.8, 4) is 5.75 Å². The van der Waals surface area contributed by atoms with Crippen molar-refractivity contribution in [3.63, 3.8) is 0 Å². The van der Waals surface area contributed by atoms with Gasteiger partial charge in [0.05, 0.1) is 13.5 Å². The molecule has 0 heterocycles. The number of ketones is 2. The largest absolute Gasteiger partial charge is 0.497 e. The molecule has 0 aromatic heterocycles. The molecule has 0 radical (unpaired) electrons. The van der Waals surface area contributed by atoms with E-state index in [1.165, 1.54) is 35.1 Å². The van der Waals surface area contributed by atoms with E-state index in [0.717, 1.165) is 69.8 Å². The zero-order chi connectivity index (χ0) is 25.6. The smallest absolute Gasteiger partial charge is 0.170 e. The minimum Gasteiger partial charge on any atom is -0.497 e. The molecule has 0 aliphatic heterocycles. The molecule has 0 saturated carbocycles. The Kier molecular flexibility index (Phi) is 12.8. The van der Waals surface area contributed by atoms with Crippen LogP contribution in [-0.4, -0.2) is 18.7 Å². The minimum absolute atomic E-state index is 0.0329. The Labute approximate surface area is 213 Å². The fourth-order valence-corrected chi connectivity index (χ4v) is 4.81. The second kappa shape index (κ2) is 15.5. The number of unbranched alkanes of at least 4 members (excludes halogenated alkanes) is 4. The molecule has 35 heavy (non-hydrogen) atoms. The van der Waals surface area contributed by atoms with Crippen molar-refractivity contribution in [2.45, 2.75) is 111 Å². The maximum Gasteiger partial charge on any atom is 0.170 e. The molecule has 2 rings (SSSR count). The first-order valence-corrected chi connectivity index (χ1v) is 13.9. The van der Waals surface area contributed by atoms with Crippen LogP contribution in [0.5, 0.6) is 5.75 Å². The van der Waals surface area contributed by atoms with E-state index >= 15 is 0 Å². The number of ether oxygens (including phenoxy) is 1. The molecule has 0 spiro atoms. The van der Waals surface area contributed by atoms with E-state index in [1.807, 2.05) is 0 Å². The van der Waals surface area contributed by atoms with E-state index in [4.69, 9.17) is 4.74 Å². The summed E-state index contributed by atoms with van der Waals surface area (Å²) in [5.74, 6) is 0.548. The Morgan fingerprint density at radius 3 is 1.71 bits per heavy atom. The third-order valence-corrected chi connectivity index (χ3v) is 6.93. The van der Waals surface area contributed by atoms with Crippen LogP contribution < -0.4 is 4.74 Å². The van der Waals surface area contributed by atoms with E-state index in [9.17, 15) is 9.59 Å². The fraction of sp³-hybridized carbons (Fsp3) is 0.562. The molecule has 2 aromatic rings. The number of rotatable bonds is 17. The third kappa shape index (κ3) is 8.33. The Morgan fingerprint density at radius 1 is 0.657 bits per heavy atom. The summed E-state index contributed by atoms with van der Waals surface area (Å²) in [5.41, 5.74) is 6.84. The second-order valence-corrected chi connectivity index (χ2v) is 9.68. The normalized spacial score (nSPS) is 11.0. The lowest BCUT2D eigenvalue weighted by atomic mass is 9.81. The highest BCUT2D eigenvalue weighted by Crippen LogP contribution is 2.31. The predicted octanol–water partition coefficient (Wildman–Crippen LogP) is 8.52. The van der Waals surface area contributed by atoms with E-state index in [2.05, 4.69) is 33.8 Å². The number of carbonyl (C=O) groups is 2. The van der Waals surface area contributed by atoms with Gasteiger partial charge in [-0.2, -0.15) is 0 Å². The van der Waals surface area contributed by atoms with Crippen molar-refractivity contribution < 1.29 is 14.3 Å². The highest BCUT2D eigenvalue weighted by atomic mass is 16.5. The molecule has 0 N–H and O–H groups in total. The molecule has 3 heteroatoms. The first kappa shape index (κ1) is 28.8. The number of hydrogen-bond donors (Lipinski definition) is 0. The summed E-state index contributed by atoms with van der Waals surface area (Å²) in [5, 5.41) is 0. The average molecular weight is 479 g/mol. The first-order valence-electron chi connectivity index (χ1n) is 13.9. The van der Waals surface area contributed by atoms with Gasteiger partial charge < -0.3 is 4.74 Å². The highest BCUT2D eigenvalue weighted by molar-refractivity contribution is 6.14. The zero-order valence-electron chi connectivity index (χ0n) is 22.8. The topological polar surface area (TPSA) is 43.4 Å². The predicted molar refractivity (Wildman–Crippen MR) is 147 cm³/mol. The molecule has 0 aliphatic carbocycles. The molecule has 0 aliphatic rings. The number of hydrogen-bond acceptors (Lipinski definition) is 3. The first-order chi connectivity index (χ1) is 17.0. The van der Waals surface area contributed by atoms with E-state index in [-0.39, 0.29) is 18.0 Å². The van der Waals surface area contributed by atoms with Crippen molar-refractivity contribution in [3.05, 3.63) is 63.7 Å². The van der Waals surface area contributed by atoms with Crippen LogP contribution in [0.3, 0.4) is 0 Å². The summed E-state index contributed by atoms with van der Waals surface area (Å²) < 4.78 is 5.20. The van der Waals surface area contributed by atoms with Crippen LogP contribution in [0.1, 0.15) is 128 Å². The van der Waals surface area contributed by atoms with Crippen LogP contribution in [0.2, 0.25) is 0 Å². The summed E-state index contributed by atoms with van der Waals surface area (Å²) in [6, 6.07) is 9.22. The Bertz CT molecular complexity index is 940. The van der Waals surface area contributed by atoms with Gasteiger partial charge in [0.25, 0.3) is 0 Å². The molecule has 0 fully saturated rings. The van der Waals surface area contributed by atoms with Crippen LogP contribution in [0.4, 0.5) is 0 Å². The monoisotopic (exact) mass is 478 g/mol. The van der Waals surface area contributed by atoms with Crippen LogP contribution in [0, 0.1) is 0 Å². The van der Waals surface area contributed by atoms with Crippen molar-refractivity contribution in [2.24, 2.45) is 0 Å². The van der Waals surface area contributed by atoms with E-state index in [1.54, 1.807) is 31.4 Å². The van der Waals surface area contributed by atoms with Crippen molar-refractivity contribution in [1.29, 1.82) is 0 Å². The van der Waals surface area contributed by atoms with Gasteiger partial charge in [-0.3, -0.25) is 9.59 Å². The van der Waals surface area contributed by atoms with Gasteiger partial charge in [-0.05, 0) is 104 Å². The number of benzene rings is 2. The summed E-state index contributed by atoms with van der Waals surface area (Å²) in [7, 11) is 1.61. The molecule has 0 unspecified atom stereocenters. The number of carbonyl (C=O) groups excluding carboxylic acids is 2. The van der Waals surface area contributed by atoms with E-state index in [0.29, 0.717) is 11.3 Å². The summed E-state index contributed by atoms with van der Waals surface area (Å²) in [6.45, 7) is 8.91. The number of Topliss-reactive ketones (excluding diaryl/α,β-unsaturated/α-hetero) is 2. The molecule has 0 saturated heterocycles. The fourth-order valence-electron chi connectivity index (χ4n) is 4.81. The molecule has 0 bridgehead atoms. The highest BCUT2D eigenvalue weighted by Gasteiger charge is 2.23. The van der Waals surface area contributed by atoms with Crippen molar-refractivity contribution >= 4 is 11.6 Å². The van der Waals surface area contributed by atoms with Crippen molar-refractivity contribution in [1.82, 2.24) is 0 Å². The maximum atomic E-state index is 13.7. The van der Waals surface area contributed by atoms with Gasteiger partial charge in [0.15, 0.2) is 11.6 Å². The molecule has 192 valence electrons. The minimum atomic E-state index is -0.126. The zero-order valence-corrected chi connectivity index (χ0v) is 22.8. The van der Waals surface area contributed by atoms with Crippen LogP contribution in [0.15, 0.2) is 30.3 Å². The van der Waals surface area contributed by atoms with Gasteiger partial charge in [-0.25, -0.2) is 0 Å². The Hall–Kier alpha value is -2.42. The molecule has 3 nitrogen and oxygen atoms in total. The quantitative estimate of drug-likeness (QED) is 0.169. The summed E-state index contributed by atoms with van der Waals surface area (Å²) in [4.78, 5) is 26.7.